The third kappa shape index (κ3) is 36.9. The Morgan fingerprint density at radius 2 is 0.833 bits per heavy atom. The summed E-state index contributed by atoms with van der Waals surface area (Å²) < 4.78 is 62.2. The second kappa shape index (κ2) is 31.7. The van der Waals surface area contributed by atoms with Gasteiger partial charge in [-0.25, -0.2) is 0 Å². The first-order chi connectivity index (χ1) is 20.3. The van der Waals surface area contributed by atoms with Crippen molar-refractivity contribution in [2.45, 2.75) is 51.4 Å². The predicted molar refractivity (Wildman–Crippen MR) is 158 cm³/mol. The molecule has 0 spiro atoms. The van der Waals surface area contributed by atoms with Crippen LogP contribution < -0.4 is 9.79 Å². The molecule has 0 aliphatic carbocycles. The van der Waals surface area contributed by atoms with Crippen molar-refractivity contribution in [2.24, 2.45) is 0 Å². The van der Waals surface area contributed by atoms with E-state index in [2.05, 4.69) is 4.52 Å². The maximum atomic E-state index is 11.8. The molecule has 2 atom stereocenters. The van der Waals surface area contributed by atoms with Crippen LogP contribution in [0.3, 0.4) is 0 Å². The van der Waals surface area contributed by atoms with E-state index in [1.807, 2.05) is 21.6 Å². The second-order valence-corrected chi connectivity index (χ2v) is 14.0. The SMILES string of the molecule is O=P([O-])(O)OCCOCCOCCOCCOCCOCCOP(=O)([O-])OCCCCCCSSCCCCCCO. The summed E-state index contributed by atoms with van der Waals surface area (Å²) in [6, 6.07) is 0. The van der Waals surface area contributed by atoms with Gasteiger partial charge in [0.25, 0.3) is 15.6 Å². The Kier molecular flexibility index (Phi) is 32.2. The highest BCUT2D eigenvalue weighted by Crippen LogP contribution is 2.38. The minimum Gasteiger partial charge on any atom is -0.756 e. The van der Waals surface area contributed by atoms with Crippen molar-refractivity contribution < 1.29 is 66.2 Å². The molecule has 0 heterocycles. The Morgan fingerprint density at radius 1 is 0.476 bits per heavy atom. The first-order valence-electron chi connectivity index (χ1n) is 14.3. The zero-order chi connectivity index (χ0) is 31.0. The van der Waals surface area contributed by atoms with Crippen LogP contribution in [0.5, 0.6) is 0 Å². The molecule has 0 radical (unpaired) electrons. The fourth-order valence-corrected chi connectivity index (χ4v) is 6.30. The van der Waals surface area contributed by atoms with Gasteiger partial charge >= 0.3 is 0 Å². The average molecular weight is 689 g/mol. The lowest BCUT2D eigenvalue weighted by Crippen LogP contribution is -2.15. The third-order valence-corrected chi connectivity index (χ3v) is 9.12. The van der Waals surface area contributed by atoms with Gasteiger partial charge in [0.2, 0.25) is 0 Å². The molecule has 2 unspecified atom stereocenters. The van der Waals surface area contributed by atoms with Gasteiger partial charge in [-0.05, 0) is 25.7 Å². The van der Waals surface area contributed by atoms with Crippen LogP contribution in [0, 0.1) is 0 Å². The van der Waals surface area contributed by atoms with Gasteiger partial charge in [0, 0.05) is 18.1 Å². The Hall–Kier alpha value is 0.680. The largest absolute Gasteiger partial charge is 0.756 e. The van der Waals surface area contributed by atoms with Crippen molar-refractivity contribution >= 4 is 37.2 Å². The van der Waals surface area contributed by atoms with E-state index in [1.165, 1.54) is 12.8 Å². The Morgan fingerprint density at radius 3 is 1.26 bits per heavy atom. The number of phosphoric ester groups is 2. The molecule has 14 nitrogen and oxygen atoms in total. The molecule has 254 valence electrons. The normalized spacial score (nSPS) is 14.7. The van der Waals surface area contributed by atoms with Crippen LogP contribution in [0.4, 0.5) is 0 Å². The molecule has 0 rings (SSSR count). The summed E-state index contributed by atoms with van der Waals surface area (Å²) in [6.45, 7) is 2.77. The van der Waals surface area contributed by atoms with Crippen LogP contribution in [0.15, 0.2) is 0 Å². The standard InChI is InChI=1S/C24H52O14P2S2/c25-9-5-1-3-7-23-41-42-24-8-4-2-6-10-37-40(29,30)38-22-20-35-18-16-33-14-12-31-11-13-32-15-17-34-19-21-36-39(26,27)28/h25H,1-24H2,(H,29,30)(H2,26,27,28)/p-2. The zero-order valence-corrected chi connectivity index (χ0v) is 27.9. The van der Waals surface area contributed by atoms with Gasteiger partial charge in [-0.1, -0.05) is 47.3 Å². The zero-order valence-electron chi connectivity index (χ0n) is 24.5. The van der Waals surface area contributed by atoms with E-state index in [0.29, 0.717) is 46.1 Å². The van der Waals surface area contributed by atoms with Crippen LogP contribution in [0.2, 0.25) is 0 Å². The molecule has 0 aliphatic heterocycles. The van der Waals surface area contributed by atoms with Crippen LogP contribution in [-0.4, -0.2) is 114 Å². The molecule has 0 aromatic carbocycles. The molecule has 0 aromatic heterocycles. The quantitative estimate of drug-likeness (QED) is 0.0560. The number of ether oxygens (including phenoxy) is 5. The molecule has 0 amide bonds. The number of rotatable bonds is 35. The van der Waals surface area contributed by atoms with E-state index in [-0.39, 0.29) is 52.9 Å². The van der Waals surface area contributed by atoms with Crippen molar-refractivity contribution in [3.63, 3.8) is 0 Å². The van der Waals surface area contributed by atoms with E-state index in [1.54, 1.807) is 0 Å². The van der Waals surface area contributed by atoms with Crippen molar-refractivity contribution in [1.29, 1.82) is 0 Å². The number of hydrogen-bond acceptors (Lipinski definition) is 15. The Bertz CT molecular complexity index is 663. The number of aliphatic hydroxyl groups excluding tert-OH is 1. The maximum Gasteiger partial charge on any atom is 0.267 e. The number of unbranched alkanes of at least 4 members (excludes halogenated alkanes) is 6. The van der Waals surface area contributed by atoms with Gasteiger partial charge in [0.05, 0.1) is 85.9 Å². The first kappa shape index (κ1) is 42.7. The maximum absolute atomic E-state index is 11.8. The average Bonchev–Trinajstić information content (AvgIpc) is 2.93. The molecule has 0 fully saturated rings. The van der Waals surface area contributed by atoms with E-state index < -0.39 is 15.6 Å². The Balaban J connectivity index is 3.28. The van der Waals surface area contributed by atoms with Gasteiger partial charge in [-0.2, -0.15) is 0 Å². The summed E-state index contributed by atoms with van der Waals surface area (Å²) in [5, 5.41) is 8.74. The highest BCUT2D eigenvalue weighted by atomic mass is 33.1. The summed E-state index contributed by atoms with van der Waals surface area (Å²) >= 11 is 0. The number of hydrogen-bond donors (Lipinski definition) is 2. The summed E-state index contributed by atoms with van der Waals surface area (Å²) in [4.78, 5) is 30.5. The van der Waals surface area contributed by atoms with E-state index in [4.69, 9.17) is 42.7 Å². The molecule has 18 heteroatoms. The highest BCUT2D eigenvalue weighted by molar-refractivity contribution is 8.76. The Labute approximate surface area is 258 Å². The van der Waals surface area contributed by atoms with Crippen molar-refractivity contribution in [2.75, 3.05) is 104 Å². The van der Waals surface area contributed by atoms with Crippen molar-refractivity contribution in [3.05, 3.63) is 0 Å². The summed E-state index contributed by atoms with van der Waals surface area (Å²) in [5.74, 6) is 2.23. The minimum absolute atomic E-state index is 0.0176. The lowest BCUT2D eigenvalue weighted by atomic mass is 10.2. The molecule has 0 saturated carbocycles. The van der Waals surface area contributed by atoms with Gasteiger partial charge in [-0.15, -0.1) is 0 Å². The lowest BCUT2D eigenvalue weighted by Gasteiger charge is -2.22. The minimum atomic E-state index is -4.70. The fraction of sp³-hybridized carbons (Fsp3) is 1.00. The highest BCUT2D eigenvalue weighted by Gasteiger charge is 2.09. The summed E-state index contributed by atoms with van der Waals surface area (Å²) in [7, 11) is -5.25. The van der Waals surface area contributed by atoms with Crippen LogP contribution in [0.1, 0.15) is 51.4 Å². The smallest absolute Gasteiger partial charge is 0.267 e. The first-order valence-corrected chi connectivity index (χ1v) is 19.7. The number of aliphatic hydroxyl groups is 1. The van der Waals surface area contributed by atoms with Crippen molar-refractivity contribution in [3.8, 4) is 0 Å². The third-order valence-electron chi connectivity index (χ3n) is 5.04. The monoisotopic (exact) mass is 688 g/mol. The van der Waals surface area contributed by atoms with Gasteiger partial charge < -0.3 is 57.0 Å². The predicted octanol–water partition coefficient (Wildman–Crippen LogP) is 2.54. The van der Waals surface area contributed by atoms with Crippen molar-refractivity contribution in [1.82, 2.24) is 0 Å². The molecule has 0 aromatic rings. The summed E-state index contributed by atoms with van der Waals surface area (Å²) in [5.41, 5.74) is 0. The second-order valence-electron chi connectivity index (χ2n) is 8.67. The number of phosphoric acid groups is 2. The van der Waals surface area contributed by atoms with Gasteiger partial charge in [0.15, 0.2) is 0 Å². The fourth-order valence-electron chi connectivity index (χ4n) is 2.98. The van der Waals surface area contributed by atoms with Gasteiger partial charge in [0.1, 0.15) is 0 Å². The molecule has 0 saturated heterocycles. The molecular formula is C24H50O14P2S2-2. The summed E-state index contributed by atoms with van der Waals surface area (Å²) in [6.07, 6.45) is 8.06. The molecular weight excluding hydrogens is 638 g/mol. The topological polar surface area (TPSA) is 195 Å². The van der Waals surface area contributed by atoms with Crippen LogP contribution in [0.25, 0.3) is 0 Å². The van der Waals surface area contributed by atoms with Crippen LogP contribution >= 0.6 is 37.2 Å². The van der Waals surface area contributed by atoms with E-state index in [0.717, 1.165) is 43.6 Å². The molecule has 2 N–H and O–H groups in total. The lowest BCUT2D eigenvalue weighted by molar-refractivity contribution is -0.226. The van der Waals surface area contributed by atoms with E-state index in [9.17, 15) is 18.9 Å². The van der Waals surface area contributed by atoms with E-state index >= 15 is 0 Å². The molecule has 0 aliphatic rings. The van der Waals surface area contributed by atoms with Crippen LogP contribution in [-0.2, 0) is 46.4 Å². The molecule has 42 heavy (non-hydrogen) atoms. The van der Waals surface area contributed by atoms with Gasteiger partial charge in [-0.3, -0.25) is 9.13 Å². The molecule has 0 bridgehead atoms.